The quantitative estimate of drug-likeness (QED) is 0.771. The number of aromatic nitrogens is 2. The molecule has 1 aliphatic heterocycles. The Bertz CT molecular complexity index is 382. The van der Waals surface area contributed by atoms with Crippen LogP contribution >= 0.6 is 0 Å². The van der Waals surface area contributed by atoms with Crippen molar-refractivity contribution < 1.29 is 14.6 Å². The molecule has 76 valence electrons. The van der Waals surface area contributed by atoms with Crippen molar-refractivity contribution in [2.45, 2.75) is 33.1 Å². The fraction of sp³-hybridized carbons (Fsp3) is 0.556. The number of fused-ring (bicyclic) bond motifs is 1. The summed E-state index contributed by atoms with van der Waals surface area (Å²) in [6.07, 6.45) is 0. The van der Waals surface area contributed by atoms with Crippen LogP contribution in [0.5, 0.6) is 0 Å². The van der Waals surface area contributed by atoms with Gasteiger partial charge < -0.3 is 9.84 Å². The van der Waals surface area contributed by atoms with E-state index in [1.54, 1.807) is 4.68 Å². The van der Waals surface area contributed by atoms with Crippen LogP contribution in [0.2, 0.25) is 0 Å². The Kier molecular flexibility index (Phi) is 2.03. The van der Waals surface area contributed by atoms with E-state index >= 15 is 0 Å². The summed E-state index contributed by atoms with van der Waals surface area (Å²) < 4.78 is 6.94. The zero-order valence-corrected chi connectivity index (χ0v) is 8.15. The van der Waals surface area contributed by atoms with Crippen LogP contribution < -0.4 is 0 Å². The van der Waals surface area contributed by atoms with Crippen LogP contribution in [0.4, 0.5) is 0 Å². The van der Waals surface area contributed by atoms with Gasteiger partial charge in [0.1, 0.15) is 0 Å². The van der Waals surface area contributed by atoms with Crippen molar-refractivity contribution in [1.29, 1.82) is 0 Å². The molecule has 0 saturated carbocycles. The van der Waals surface area contributed by atoms with E-state index in [0.29, 0.717) is 13.2 Å². The molecule has 0 aromatic carbocycles. The maximum atomic E-state index is 10.9. The molecule has 1 aliphatic rings. The molecule has 1 N–H and O–H groups in total. The van der Waals surface area contributed by atoms with E-state index < -0.39 is 5.97 Å². The topological polar surface area (TPSA) is 64.4 Å². The van der Waals surface area contributed by atoms with Crippen LogP contribution in [0.15, 0.2) is 0 Å². The van der Waals surface area contributed by atoms with Crippen LogP contribution in [0, 0.1) is 0 Å². The Morgan fingerprint density at radius 1 is 1.57 bits per heavy atom. The molecule has 0 radical (unpaired) electrons. The van der Waals surface area contributed by atoms with Gasteiger partial charge >= 0.3 is 5.97 Å². The third kappa shape index (κ3) is 1.21. The number of aromatic carboxylic acids is 1. The Balaban J connectivity index is 2.55. The summed E-state index contributed by atoms with van der Waals surface area (Å²) in [7, 11) is 0. The monoisotopic (exact) mass is 196 g/mol. The van der Waals surface area contributed by atoms with Gasteiger partial charge in [-0.05, 0) is 13.8 Å². The van der Waals surface area contributed by atoms with Gasteiger partial charge in [0, 0.05) is 11.6 Å². The fourth-order valence-electron chi connectivity index (χ4n) is 1.66. The average Bonchev–Trinajstić information content (AvgIpc) is 2.59. The van der Waals surface area contributed by atoms with E-state index in [2.05, 4.69) is 5.10 Å². The fourth-order valence-corrected chi connectivity index (χ4v) is 1.66. The number of carboxylic acids is 1. The number of ether oxygens (including phenoxy) is 1. The van der Waals surface area contributed by atoms with Crippen molar-refractivity contribution in [2.24, 2.45) is 0 Å². The molecule has 1 aromatic rings. The molecule has 0 aliphatic carbocycles. The van der Waals surface area contributed by atoms with E-state index in [1.807, 2.05) is 13.8 Å². The normalized spacial score (nSPS) is 14.8. The van der Waals surface area contributed by atoms with Crippen molar-refractivity contribution in [1.82, 2.24) is 9.78 Å². The number of hydrogen-bond donors (Lipinski definition) is 1. The van der Waals surface area contributed by atoms with Crippen LogP contribution in [0.25, 0.3) is 0 Å². The molecule has 1 aromatic heterocycles. The lowest BCUT2D eigenvalue weighted by Gasteiger charge is -2.07. The first-order valence-corrected chi connectivity index (χ1v) is 4.52. The average molecular weight is 196 g/mol. The predicted octanol–water partition coefficient (Wildman–Crippen LogP) is 1.19. The summed E-state index contributed by atoms with van der Waals surface area (Å²) in [6.45, 7) is 4.77. The molecule has 2 heterocycles. The van der Waals surface area contributed by atoms with Gasteiger partial charge in [-0.25, -0.2) is 4.79 Å². The van der Waals surface area contributed by atoms with E-state index in [-0.39, 0.29) is 11.7 Å². The Morgan fingerprint density at radius 3 is 2.86 bits per heavy atom. The lowest BCUT2D eigenvalue weighted by Crippen LogP contribution is -2.08. The Morgan fingerprint density at radius 2 is 2.29 bits per heavy atom. The zero-order chi connectivity index (χ0) is 10.3. The van der Waals surface area contributed by atoms with Gasteiger partial charge in [-0.15, -0.1) is 0 Å². The first-order chi connectivity index (χ1) is 6.61. The van der Waals surface area contributed by atoms with Gasteiger partial charge in [0.25, 0.3) is 0 Å². The summed E-state index contributed by atoms with van der Waals surface area (Å²) in [4.78, 5) is 10.9. The van der Waals surface area contributed by atoms with Gasteiger partial charge in [-0.3, -0.25) is 4.68 Å². The third-order valence-corrected chi connectivity index (χ3v) is 2.30. The van der Waals surface area contributed by atoms with E-state index in [1.165, 1.54) is 0 Å². The molecule has 2 rings (SSSR count). The molecule has 0 amide bonds. The highest BCUT2D eigenvalue weighted by molar-refractivity contribution is 5.87. The summed E-state index contributed by atoms with van der Waals surface area (Å²) in [5.74, 6) is -0.980. The van der Waals surface area contributed by atoms with Crippen molar-refractivity contribution in [3.05, 3.63) is 17.0 Å². The van der Waals surface area contributed by atoms with Crippen LogP contribution in [-0.4, -0.2) is 20.9 Å². The second-order valence-electron chi connectivity index (χ2n) is 3.61. The maximum absolute atomic E-state index is 10.9. The summed E-state index contributed by atoms with van der Waals surface area (Å²) in [5, 5.41) is 13.0. The maximum Gasteiger partial charge on any atom is 0.356 e. The highest BCUT2D eigenvalue weighted by atomic mass is 16.5. The molecule has 14 heavy (non-hydrogen) atoms. The number of carboxylic acid groups (broad SMARTS) is 1. The van der Waals surface area contributed by atoms with E-state index in [0.717, 1.165) is 11.3 Å². The summed E-state index contributed by atoms with van der Waals surface area (Å²) in [6, 6.07) is 0.165. The molecule has 0 saturated heterocycles. The molecule has 0 atom stereocenters. The third-order valence-electron chi connectivity index (χ3n) is 2.30. The number of hydrogen-bond acceptors (Lipinski definition) is 3. The van der Waals surface area contributed by atoms with Crippen molar-refractivity contribution in [2.75, 3.05) is 0 Å². The van der Waals surface area contributed by atoms with Crippen molar-refractivity contribution in [3.8, 4) is 0 Å². The molecular weight excluding hydrogens is 184 g/mol. The van der Waals surface area contributed by atoms with E-state index in [4.69, 9.17) is 9.84 Å². The van der Waals surface area contributed by atoms with Crippen molar-refractivity contribution in [3.63, 3.8) is 0 Å². The summed E-state index contributed by atoms with van der Waals surface area (Å²) >= 11 is 0. The smallest absolute Gasteiger partial charge is 0.356 e. The molecule has 0 fully saturated rings. The molecule has 0 unspecified atom stereocenters. The number of nitrogens with zero attached hydrogens (tertiary/aromatic N) is 2. The molecular formula is C9H12N2O3. The standard InChI is InChI=1S/C9H12N2O3/c1-5(2)11-7-4-14-3-6(7)8(10-11)9(12)13/h5H,3-4H2,1-2H3,(H,12,13). The van der Waals surface area contributed by atoms with Gasteiger partial charge in [-0.2, -0.15) is 5.10 Å². The van der Waals surface area contributed by atoms with Gasteiger partial charge in [0.15, 0.2) is 5.69 Å². The van der Waals surface area contributed by atoms with Gasteiger partial charge in [-0.1, -0.05) is 0 Å². The largest absolute Gasteiger partial charge is 0.476 e. The minimum absolute atomic E-state index is 0.131. The van der Waals surface area contributed by atoms with Crippen LogP contribution in [0.3, 0.4) is 0 Å². The molecule has 5 heteroatoms. The highest BCUT2D eigenvalue weighted by Gasteiger charge is 2.27. The minimum atomic E-state index is -0.980. The van der Waals surface area contributed by atoms with Crippen molar-refractivity contribution >= 4 is 5.97 Å². The predicted molar refractivity (Wildman–Crippen MR) is 48.1 cm³/mol. The lowest BCUT2D eigenvalue weighted by molar-refractivity contribution is 0.0681. The van der Waals surface area contributed by atoms with Crippen LogP contribution in [-0.2, 0) is 18.0 Å². The Labute approximate surface area is 81.3 Å². The molecule has 0 spiro atoms. The molecule has 5 nitrogen and oxygen atoms in total. The van der Waals surface area contributed by atoms with E-state index in [9.17, 15) is 4.79 Å². The second-order valence-corrected chi connectivity index (χ2v) is 3.61. The lowest BCUT2D eigenvalue weighted by atomic mass is 10.2. The first kappa shape index (κ1) is 9.21. The zero-order valence-electron chi connectivity index (χ0n) is 8.15. The SMILES string of the molecule is CC(C)n1nc(C(=O)O)c2c1COC2. The van der Waals surface area contributed by atoms with Crippen LogP contribution in [0.1, 0.15) is 41.6 Å². The number of rotatable bonds is 2. The van der Waals surface area contributed by atoms with Gasteiger partial charge in [0.05, 0.1) is 18.9 Å². The summed E-state index contributed by atoms with van der Waals surface area (Å²) in [5.41, 5.74) is 1.76. The number of carbonyl (C=O) groups is 1. The van der Waals surface area contributed by atoms with Gasteiger partial charge in [0.2, 0.25) is 0 Å². The molecule has 0 bridgehead atoms. The highest BCUT2D eigenvalue weighted by Crippen LogP contribution is 2.25. The Hall–Kier alpha value is -1.36. The first-order valence-electron chi connectivity index (χ1n) is 4.52. The second kappa shape index (κ2) is 3.09. The minimum Gasteiger partial charge on any atom is -0.476 e.